The van der Waals surface area contributed by atoms with E-state index in [-0.39, 0.29) is 6.04 Å². The monoisotopic (exact) mass is 219 g/mol. The second-order valence-electron chi connectivity index (χ2n) is 3.87. The predicted octanol–water partition coefficient (Wildman–Crippen LogP) is 2.25. The third-order valence-electron chi connectivity index (χ3n) is 2.71. The fourth-order valence-electron chi connectivity index (χ4n) is 1.77. The Morgan fingerprint density at radius 2 is 2.44 bits per heavy atom. The van der Waals surface area contributed by atoms with E-state index in [1.807, 2.05) is 25.5 Å². The number of aryl methyl sites for hydroxylation is 1. The van der Waals surface area contributed by atoms with Crippen LogP contribution in [0.15, 0.2) is 35.4 Å². The molecule has 0 amide bonds. The molecule has 0 fully saturated rings. The summed E-state index contributed by atoms with van der Waals surface area (Å²) < 4.78 is 7.09. The number of nitrogens with zero attached hydrogens (tertiary/aromatic N) is 2. The van der Waals surface area contributed by atoms with E-state index in [0.29, 0.717) is 0 Å². The SMILES string of the molecule is CCC(NCc1ccoc1)c1nccn1C. The first kappa shape index (κ1) is 11.0. The molecule has 86 valence electrons. The highest BCUT2D eigenvalue weighted by Gasteiger charge is 2.12. The fraction of sp³-hybridized carbons (Fsp3) is 0.417. The van der Waals surface area contributed by atoms with Crippen LogP contribution in [0, 0.1) is 0 Å². The van der Waals surface area contributed by atoms with Gasteiger partial charge in [-0.1, -0.05) is 6.92 Å². The molecule has 0 saturated carbocycles. The molecule has 4 heteroatoms. The van der Waals surface area contributed by atoms with Crippen LogP contribution in [0.4, 0.5) is 0 Å². The zero-order valence-electron chi connectivity index (χ0n) is 9.68. The van der Waals surface area contributed by atoms with Crippen LogP contribution < -0.4 is 5.32 Å². The Hall–Kier alpha value is -1.55. The summed E-state index contributed by atoms with van der Waals surface area (Å²) in [6, 6.07) is 2.26. The minimum atomic E-state index is 0.287. The van der Waals surface area contributed by atoms with Crippen molar-refractivity contribution >= 4 is 0 Å². The van der Waals surface area contributed by atoms with E-state index in [9.17, 15) is 0 Å². The summed E-state index contributed by atoms with van der Waals surface area (Å²) in [5, 5.41) is 3.47. The van der Waals surface area contributed by atoms with Crippen LogP contribution in [0.25, 0.3) is 0 Å². The van der Waals surface area contributed by atoms with Crippen molar-refractivity contribution in [2.24, 2.45) is 7.05 Å². The molecular weight excluding hydrogens is 202 g/mol. The van der Waals surface area contributed by atoms with Gasteiger partial charge in [0.05, 0.1) is 18.6 Å². The Morgan fingerprint density at radius 1 is 1.56 bits per heavy atom. The summed E-state index contributed by atoms with van der Waals surface area (Å²) in [5.41, 5.74) is 1.16. The van der Waals surface area contributed by atoms with E-state index in [2.05, 4.69) is 21.8 Å². The van der Waals surface area contributed by atoms with Gasteiger partial charge in [-0.2, -0.15) is 0 Å². The maximum Gasteiger partial charge on any atom is 0.125 e. The van der Waals surface area contributed by atoms with Gasteiger partial charge in [0, 0.05) is 31.5 Å². The Kier molecular flexibility index (Phi) is 3.41. The van der Waals surface area contributed by atoms with Crippen molar-refractivity contribution in [3.63, 3.8) is 0 Å². The van der Waals surface area contributed by atoms with Crippen LogP contribution in [-0.4, -0.2) is 9.55 Å². The molecule has 2 aromatic heterocycles. The van der Waals surface area contributed by atoms with Crippen molar-refractivity contribution in [2.75, 3.05) is 0 Å². The van der Waals surface area contributed by atoms with Crippen LogP contribution in [0.5, 0.6) is 0 Å². The molecule has 2 heterocycles. The van der Waals surface area contributed by atoms with Gasteiger partial charge in [-0.05, 0) is 12.5 Å². The van der Waals surface area contributed by atoms with Gasteiger partial charge >= 0.3 is 0 Å². The maximum absolute atomic E-state index is 5.03. The average molecular weight is 219 g/mol. The molecule has 4 nitrogen and oxygen atoms in total. The summed E-state index contributed by atoms with van der Waals surface area (Å²) in [6.07, 6.45) is 8.27. The van der Waals surface area contributed by atoms with Crippen molar-refractivity contribution in [3.8, 4) is 0 Å². The molecule has 0 aliphatic heterocycles. The Morgan fingerprint density at radius 3 is 3.00 bits per heavy atom. The Bertz CT molecular complexity index is 419. The maximum atomic E-state index is 5.03. The first-order valence-corrected chi connectivity index (χ1v) is 5.53. The first-order valence-electron chi connectivity index (χ1n) is 5.53. The molecule has 0 bridgehead atoms. The largest absolute Gasteiger partial charge is 0.472 e. The van der Waals surface area contributed by atoms with E-state index >= 15 is 0 Å². The molecule has 2 aromatic rings. The predicted molar refractivity (Wildman–Crippen MR) is 61.8 cm³/mol. The molecule has 16 heavy (non-hydrogen) atoms. The number of imidazole rings is 1. The number of furan rings is 1. The molecule has 0 radical (unpaired) electrons. The topological polar surface area (TPSA) is 43.0 Å². The van der Waals surface area contributed by atoms with Crippen molar-refractivity contribution in [1.29, 1.82) is 0 Å². The Labute approximate surface area is 95.3 Å². The van der Waals surface area contributed by atoms with E-state index < -0.39 is 0 Å². The zero-order valence-corrected chi connectivity index (χ0v) is 9.68. The van der Waals surface area contributed by atoms with Gasteiger partial charge in [0.25, 0.3) is 0 Å². The number of nitrogens with one attached hydrogen (secondary N) is 1. The van der Waals surface area contributed by atoms with Crippen LogP contribution in [0.1, 0.15) is 30.8 Å². The molecular formula is C12H17N3O. The van der Waals surface area contributed by atoms with Crippen molar-refractivity contribution in [1.82, 2.24) is 14.9 Å². The smallest absolute Gasteiger partial charge is 0.125 e. The fourth-order valence-corrected chi connectivity index (χ4v) is 1.77. The first-order chi connectivity index (χ1) is 7.81. The summed E-state index contributed by atoms with van der Waals surface area (Å²) in [4.78, 5) is 4.36. The van der Waals surface area contributed by atoms with Gasteiger partial charge in [-0.25, -0.2) is 4.98 Å². The Balaban J connectivity index is 1.99. The quantitative estimate of drug-likeness (QED) is 0.838. The van der Waals surface area contributed by atoms with Crippen LogP contribution >= 0.6 is 0 Å². The molecule has 0 spiro atoms. The minimum Gasteiger partial charge on any atom is -0.472 e. The van der Waals surface area contributed by atoms with E-state index in [1.165, 1.54) is 0 Å². The van der Waals surface area contributed by atoms with Crippen LogP contribution in [-0.2, 0) is 13.6 Å². The molecule has 1 unspecified atom stereocenters. The highest BCUT2D eigenvalue weighted by Crippen LogP contribution is 2.14. The van der Waals surface area contributed by atoms with Gasteiger partial charge in [0.1, 0.15) is 5.82 Å². The van der Waals surface area contributed by atoms with E-state index in [4.69, 9.17) is 4.42 Å². The third-order valence-corrected chi connectivity index (χ3v) is 2.71. The van der Waals surface area contributed by atoms with Gasteiger partial charge < -0.3 is 14.3 Å². The number of hydrogen-bond donors (Lipinski definition) is 1. The number of rotatable bonds is 5. The molecule has 0 saturated heterocycles. The van der Waals surface area contributed by atoms with E-state index in [0.717, 1.165) is 24.4 Å². The standard InChI is InChI=1S/C12H17N3O/c1-3-11(12-13-5-6-15(12)2)14-8-10-4-7-16-9-10/h4-7,9,11,14H,3,8H2,1-2H3. The van der Waals surface area contributed by atoms with E-state index in [1.54, 1.807) is 12.5 Å². The normalized spacial score (nSPS) is 12.9. The summed E-state index contributed by atoms with van der Waals surface area (Å²) in [5.74, 6) is 1.07. The summed E-state index contributed by atoms with van der Waals surface area (Å²) in [6.45, 7) is 2.96. The lowest BCUT2D eigenvalue weighted by Crippen LogP contribution is -2.22. The molecule has 0 aliphatic rings. The summed E-state index contributed by atoms with van der Waals surface area (Å²) in [7, 11) is 2.02. The molecule has 1 atom stereocenters. The molecule has 2 rings (SSSR count). The van der Waals surface area contributed by atoms with Crippen molar-refractivity contribution in [2.45, 2.75) is 25.9 Å². The van der Waals surface area contributed by atoms with Crippen molar-refractivity contribution in [3.05, 3.63) is 42.4 Å². The lowest BCUT2D eigenvalue weighted by atomic mass is 10.2. The van der Waals surface area contributed by atoms with Gasteiger partial charge in [0.15, 0.2) is 0 Å². The van der Waals surface area contributed by atoms with Gasteiger partial charge in [-0.3, -0.25) is 0 Å². The average Bonchev–Trinajstić information content (AvgIpc) is 2.92. The third kappa shape index (κ3) is 2.33. The lowest BCUT2D eigenvalue weighted by molar-refractivity contribution is 0.478. The van der Waals surface area contributed by atoms with Crippen molar-refractivity contribution < 1.29 is 4.42 Å². The van der Waals surface area contributed by atoms with Gasteiger partial charge in [0.2, 0.25) is 0 Å². The highest BCUT2D eigenvalue weighted by molar-refractivity contribution is 5.06. The van der Waals surface area contributed by atoms with Crippen LogP contribution in [0.2, 0.25) is 0 Å². The lowest BCUT2D eigenvalue weighted by Gasteiger charge is -2.16. The highest BCUT2D eigenvalue weighted by atomic mass is 16.3. The second-order valence-corrected chi connectivity index (χ2v) is 3.87. The number of hydrogen-bond acceptors (Lipinski definition) is 3. The number of aromatic nitrogens is 2. The zero-order chi connectivity index (χ0) is 11.4. The minimum absolute atomic E-state index is 0.287. The van der Waals surface area contributed by atoms with Crippen LogP contribution in [0.3, 0.4) is 0 Å². The second kappa shape index (κ2) is 4.99. The summed E-state index contributed by atoms with van der Waals surface area (Å²) >= 11 is 0. The molecule has 0 aliphatic carbocycles. The molecule has 1 N–H and O–H groups in total. The molecule has 0 aromatic carbocycles. The van der Waals surface area contributed by atoms with Gasteiger partial charge in [-0.15, -0.1) is 0 Å².